The lowest BCUT2D eigenvalue weighted by molar-refractivity contribution is -0.142. The van der Waals surface area contributed by atoms with Gasteiger partial charge in [0.25, 0.3) is 0 Å². The average molecular weight is 452 g/mol. The van der Waals surface area contributed by atoms with Gasteiger partial charge in [-0.15, -0.1) is 0 Å². The van der Waals surface area contributed by atoms with E-state index in [0.717, 1.165) is 12.8 Å². The minimum absolute atomic E-state index is 0.0709. The Hall–Kier alpha value is -1.97. The van der Waals surface area contributed by atoms with E-state index < -0.39 is 15.4 Å². The van der Waals surface area contributed by atoms with Gasteiger partial charge in [-0.05, 0) is 49.9 Å². The van der Waals surface area contributed by atoms with Crippen LogP contribution in [-0.4, -0.2) is 57.5 Å². The van der Waals surface area contributed by atoms with Crippen molar-refractivity contribution in [2.75, 3.05) is 31.6 Å². The number of carbonyl (C=O) groups excluding carboxylic acids is 2. The fraction of sp³-hybridized carbons (Fsp3) is 0.636. The molecule has 2 N–H and O–H groups in total. The molecule has 172 valence electrons. The summed E-state index contributed by atoms with van der Waals surface area (Å²) in [6.45, 7) is 7.77. The molecule has 31 heavy (non-hydrogen) atoms. The van der Waals surface area contributed by atoms with Crippen molar-refractivity contribution in [1.29, 1.82) is 0 Å². The molecule has 1 atom stereocenters. The minimum Gasteiger partial charge on any atom is -0.377 e. The van der Waals surface area contributed by atoms with Crippen molar-refractivity contribution in [2.45, 2.75) is 57.5 Å². The summed E-state index contributed by atoms with van der Waals surface area (Å²) in [6, 6.07) is 6.16. The van der Waals surface area contributed by atoms with Crippen LogP contribution in [0.2, 0.25) is 0 Å². The predicted molar refractivity (Wildman–Crippen MR) is 118 cm³/mol. The molecule has 2 aliphatic heterocycles. The summed E-state index contributed by atoms with van der Waals surface area (Å²) in [7, 11) is -3.62. The van der Waals surface area contributed by atoms with Gasteiger partial charge in [-0.3, -0.25) is 9.59 Å². The van der Waals surface area contributed by atoms with Crippen molar-refractivity contribution in [2.24, 2.45) is 11.3 Å². The Kier molecular flexibility index (Phi) is 7.39. The van der Waals surface area contributed by atoms with Gasteiger partial charge < -0.3 is 15.0 Å². The largest absolute Gasteiger partial charge is 0.377 e. The third-order valence-electron chi connectivity index (χ3n) is 5.75. The van der Waals surface area contributed by atoms with E-state index in [1.165, 1.54) is 12.1 Å². The quantitative estimate of drug-likeness (QED) is 0.691. The molecule has 0 aliphatic carbocycles. The number of likely N-dealkylation sites (tertiary alicyclic amines) is 1. The smallest absolute Gasteiger partial charge is 0.240 e. The Labute approximate surface area is 184 Å². The maximum atomic E-state index is 12.6. The number of nitrogens with one attached hydrogen (secondary N) is 2. The third kappa shape index (κ3) is 6.27. The molecule has 1 aromatic carbocycles. The zero-order chi connectivity index (χ0) is 22.6. The fourth-order valence-electron chi connectivity index (χ4n) is 3.87. The molecule has 2 heterocycles. The molecule has 0 saturated carbocycles. The Morgan fingerprint density at radius 3 is 2.29 bits per heavy atom. The first kappa shape index (κ1) is 23.7. The molecule has 2 amide bonds. The molecular formula is C22H33N3O5S. The van der Waals surface area contributed by atoms with Crippen molar-refractivity contribution in [3.05, 3.63) is 24.3 Å². The number of amides is 2. The summed E-state index contributed by atoms with van der Waals surface area (Å²) in [4.78, 5) is 27.0. The van der Waals surface area contributed by atoms with Crippen molar-refractivity contribution in [1.82, 2.24) is 9.62 Å². The highest BCUT2D eigenvalue weighted by Gasteiger charge is 2.32. The Morgan fingerprint density at radius 1 is 1.10 bits per heavy atom. The number of carbonyl (C=O) groups is 2. The number of hydrogen-bond donors (Lipinski definition) is 2. The molecule has 8 nitrogen and oxygen atoms in total. The van der Waals surface area contributed by atoms with E-state index in [2.05, 4.69) is 10.0 Å². The highest BCUT2D eigenvalue weighted by Crippen LogP contribution is 2.25. The van der Waals surface area contributed by atoms with Gasteiger partial charge in [0.1, 0.15) is 0 Å². The lowest BCUT2D eigenvalue weighted by Gasteiger charge is -2.35. The van der Waals surface area contributed by atoms with E-state index in [-0.39, 0.29) is 35.3 Å². The lowest BCUT2D eigenvalue weighted by atomic mass is 9.90. The summed E-state index contributed by atoms with van der Waals surface area (Å²) < 4.78 is 32.9. The van der Waals surface area contributed by atoms with Gasteiger partial charge in [-0.25, -0.2) is 13.1 Å². The van der Waals surface area contributed by atoms with Crippen molar-refractivity contribution >= 4 is 27.5 Å². The van der Waals surface area contributed by atoms with Gasteiger partial charge in [-0.2, -0.15) is 0 Å². The summed E-state index contributed by atoms with van der Waals surface area (Å²) in [5, 5.41) is 2.86. The third-order valence-corrected chi connectivity index (χ3v) is 7.19. The van der Waals surface area contributed by atoms with E-state index in [4.69, 9.17) is 4.74 Å². The summed E-state index contributed by atoms with van der Waals surface area (Å²) in [5.41, 5.74) is 0.132. The second kappa shape index (κ2) is 9.67. The van der Waals surface area contributed by atoms with Gasteiger partial charge in [0.2, 0.25) is 21.8 Å². The Bertz CT molecular complexity index is 879. The first-order valence-electron chi connectivity index (χ1n) is 10.9. The molecule has 2 saturated heterocycles. The molecule has 9 heteroatoms. The maximum absolute atomic E-state index is 12.6. The Balaban J connectivity index is 1.50. The molecule has 2 fully saturated rings. The molecular weight excluding hydrogens is 418 g/mol. The highest BCUT2D eigenvalue weighted by atomic mass is 32.2. The number of piperidine rings is 1. The van der Waals surface area contributed by atoms with Crippen LogP contribution in [0.25, 0.3) is 0 Å². The fourth-order valence-corrected chi connectivity index (χ4v) is 4.94. The van der Waals surface area contributed by atoms with E-state index in [1.54, 1.807) is 12.1 Å². The molecule has 0 radical (unpaired) electrons. The number of sulfonamides is 1. The number of hydrogen-bond acceptors (Lipinski definition) is 5. The lowest BCUT2D eigenvalue weighted by Crippen LogP contribution is -2.45. The minimum atomic E-state index is -3.62. The molecule has 3 rings (SSSR count). The van der Waals surface area contributed by atoms with Gasteiger partial charge >= 0.3 is 0 Å². The predicted octanol–water partition coefficient (Wildman–Crippen LogP) is 2.37. The first-order chi connectivity index (χ1) is 14.6. The Morgan fingerprint density at radius 2 is 1.74 bits per heavy atom. The van der Waals surface area contributed by atoms with Crippen LogP contribution in [-0.2, 0) is 24.3 Å². The normalized spacial score (nSPS) is 20.6. The van der Waals surface area contributed by atoms with Gasteiger partial charge in [0.15, 0.2) is 0 Å². The van der Waals surface area contributed by atoms with E-state index in [0.29, 0.717) is 38.2 Å². The van der Waals surface area contributed by atoms with Crippen LogP contribution in [0, 0.1) is 11.3 Å². The molecule has 0 spiro atoms. The molecule has 2 aliphatic rings. The van der Waals surface area contributed by atoms with Crippen LogP contribution < -0.4 is 10.0 Å². The van der Waals surface area contributed by atoms with E-state index in [1.807, 2.05) is 25.7 Å². The molecule has 0 unspecified atom stereocenters. The topological polar surface area (TPSA) is 105 Å². The number of nitrogens with zero attached hydrogens (tertiary/aromatic N) is 1. The standard InChI is InChI=1S/C22H33N3O5S/c1-22(2,3)21(27)25-12-10-16(11-13-25)20(26)24-17-6-8-19(9-7-17)31(28,29)23-15-18-5-4-14-30-18/h6-9,16,18,23H,4-5,10-15H2,1-3H3,(H,24,26)/t18-/m1/s1. The molecule has 0 bridgehead atoms. The van der Waals surface area contributed by atoms with Crippen molar-refractivity contribution in [3.63, 3.8) is 0 Å². The maximum Gasteiger partial charge on any atom is 0.240 e. The van der Waals surface area contributed by atoms with Crippen LogP contribution in [0.3, 0.4) is 0 Å². The van der Waals surface area contributed by atoms with Crippen molar-refractivity contribution < 1.29 is 22.7 Å². The second-order valence-corrected chi connectivity index (χ2v) is 11.1. The summed E-state index contributed by atoms with van der Waals surface area (Å²) in [6.07, 6.45) is 2.97. The van der Waals surface area contributed by atoms with Crippen LogP contribution in [0.15, 0.2) is 29.2 Å². The average Bonchev–Trinajstić information content (AvgIpc) is 3.25. The first-order valence-corrected chi connectivity index (χ1v) is 12.4. The monoisotopic (exact) mass is 451 g/mol. The van der Waals surface area contributed by atoms with Gasteiger partial charge in [0.05, 0.1) is 11.0 Å². The zero-order valence-electron chi connectivity index (χ0n) is 18.5. The van der Waals surface area contributed by atoms with Crippen LogP contribution in [0.5, 0.6) is 0 Å². The number of anilines is 1. The number of ether oxygens (including phenoxy) is 1. The van der Waals surface area contributed by atoms with Gasteiger partial charge in [-0.1, -0.05) is 20.8 Å². The van der Waals surface area contributed by atoms with Gasteiger partial charge in [0, 0.05) is 43.3 Å². The zero-order valence-corrected chi connectivity index (χ0v) is 19.3. The van der Waals surface area contributed by atoms with E-state index in [9.17, 15) is 18.0 Å². The van der Waals surface area contributed by atoms with Crippen LogP contribution in [0.4, 0.5) is 5.69 Å². The summed E-state index contributed by atoms with van der Waals surface area (Å²) in [5.74, 6) is -0.160. The highest BCUT2D eigenvalue weighted by molar-refractivity contribution is 7.89. The van der Waals surface area contributed by atoms with E-state index >= 15 is 0 Å². The van der Waals surface area contributed by atoms with Crippen LogP contribution >= 0.6 is 0 Å². The molecule has 0 aromatic heterocycles. The van der Waals surface area contributed by atoms with Crippen LogP contribution in [0.1, 0.15) is 46.5 Å². The number of benzene rings is 1. The molecule has 1 aromatic rings. The number of rotatable bonds is 6. The summed E-state index contributed by atoms with van der Waals surface area (Å²) >= 11 is 0. The second-order valence-electron chi connectivity index (χ2n) is 9.32. The van der Waals surface area contributed by atoms with Crippen molar-refractivity contribution in [3.8, 4) is 0 Å². The SMILES string of the molecule is CC(C)(C)C(=O)N1CCC(C(=O)Nc2ccc(S(=O)(=O)NC[C@H]3CCCO3)cc2)CC1.